The van der Waals surface area contributed by atoms with Crippen molar-refractivity contribution >= 4 is 23.2 Å². The molecule has 2 N–H and O–H groups in total. The van der Waals surface area contributed by atoms with Crippen LogP contribution in [0.5, 0.6) is 0 Å². The van der Waals surface area contributed by atoms with Crippen LogP contribution < -0.4 is 5.32 Å². The molecule has 1 heterocycles. The van der Waals surface area contributed by atoms with Crippen LogP contribution in [-0.4, -0.2) is 41.7 Å². The SMILES string of the molecule is O=C(CN1CCCC(O)C1)Nc1ccc(F)c(Cl)c1. The van der Waals surface area contributed by atoms with Crippen molar-refractivity contribution in [2.24, 2.45) is 0 Å². The van der Waals surface area contributed by atoms with Crippen LogP contribution in [0.3, 0.4) is 0 Å². The highest BCUT2D eigenvalue weighted by atomic mass is 35.5. The normalized spacial score (nSPS) is 20.3. The lowest BCUT2D eigenvalue weighted by Gasteiger charge is -2.29. The molecule has 104 valence electrons. The number of amides is 1. The summed E-state index contributed by atoms with van der Waals surface area (Å²) in [6.45, 7) is 1.53. The minimum absolute atomic E-state index is 0.0220. The molecule has 1 fully saturated rings. The maximum absolute atomic E-state index is 13.0. The molecule has 1 amide bonds. The number of piperidine rings is 1. The largest absolute Gasteiger partial charge is 0.392 e. The van der Waals surface area contributed by atoms with E-state index in [1.165, 1.54) is 18.2 Å². The molecular weight excluding hydrogens is 271 g/mol. The highest BCUT2D eigenvalue weighted by Gasteiger charge is 2.19. The Kier molecular flexibility index (Phi) is 4.74. The van der Waals surface area contributed by atoms with Gasteiger partial charge in [0, 0.05) is 12.2 Å². The quantitative estimate of drug-likeness (QED) is 0.892. The van der Waals surface area contributed by atoms with Gasteiger partial charge in [-0.3, -0.25) is 9.69 Å². The van der Waals surface area contributed by atoms with E-state index in [-0.39, 0.29) is 23.6 Å². The Hall–Kier alpha value is -1.17. The summed E-state index contributed by atoms with van der Waals surface area (Å²) in [5, 5.41) is 12.2. The van der Waals surface area contributed by atoms with Gasteiger partial charge in [0.25, 0.3) is 0 Å². The number of benzene rings is 1. The number of hydrogen-bond donors (Lipinski definition) is 2. The zero-order valence-electron chi connectivity index (χ0n) is 10.4. The molecule has 1 aliphatic heterocycles. The van der Waals surface area contributed by atoms with Crippen LogP contribution >= 0.6 is 11.6 Å². The first-order valence-electron chi connectivity index (χ1n) is 6.20. The van der Waals surface area contributed by atoms with Crippen LogP contribution in [0.15, 0.2) is 18.2 Å². The summed E-state index contributed by atoms with van der Waals surface area (Å²) in [5.74, 6) is -0.712. The highest BCUT2D eigenvalue weighted by Crippen LogP contribution is 2.19. The number of aliphatic hydroxyl groups is 1. The summed E-state index contributed by atoms with van der Waals surface area (Å²) in [6.07, 6.45) is 1.31. The van der Waals surface area contributed by atoms with E-state index in [0.29, 0.717) is 12.2 Å². The number of hydrogen-bond acceptors (Lipinski definition) is 3. The van der Waals surface area contributed by atoms with Crippen molar-refractivity contribution in [3.8, 4) is 0 Å². The van der Waals surface area contributed by atoms with Crippen LogP contribution in [0, 0.1) is 5.82 Å². The Bertz CT molecular complexity index is 470. The molecule has 0 radical (unpaired) electrons. The van der Waals surface area contributed by atoms with Crippen molar-refractivity contribution in [1.29, 1.82) is 0 Å². The van der Waals surface area contributed by atoms with Gasteiger partial charge in [-0.25, -0.2) is 4.39 Å². The molecule has 0 spiro atoms. The molecule has 6 heteroatoms. The number of β-amino-alcohol motifs (C(OH)–C–C–N with tert-alkyl or cyclic N) is 1. The molecule has 1 aromatic rings. The fourth-order valence-electron chi connectivity index (χ4n) is 2.15. The number of nitrogens with one attached hydrogen (secondary N) is 1. The van der Waals surface area contributed by atoms with Gasteiger partial charge in [0.1, 0.15) is 5.82 Å². The first kappa shape index (κ1) is 14.2. The molecule has 1 aromatic carbocycles. The van der Waals surface area contributed by atoms with E-state index in [4.69, 9.17) is 11.6 Å². The van der Waals surface area contributed by atoms with Crippen LogP contribution in [0.2, 0.25) is 5.02 Å². The van der Waals surface area contributed by atoms with Gasteiger partial charge in [0.05, 0.1) is 17.7 Å². The van der Waals surface area contributed by atoms with Crippen molar-refractivity contribution in [2.45, 2.75) is 18.9 Å². The molecule has 1 saturated heterocycles. The number of aliphatic hydroxyl groups excluding tert-OH is 1. The number of halogens is 2. The van der Waals surface area contributed by atoms with Gasteiger partial charge in [0.2, 0.25) is 5.91 Å². The van der Waals surface area contributed by atoms with E-state index in [2.05, 4.69) is 5.32 Å². The number of carbonyl (C=O) groups excluding carboxylic acids is 1. The summed E-state index contributed by atoms with van der Waals surface area (Å²) < 4.78 is 13.0. The number of nitrogens with zero attached hydrogens (tertiary/aromatic N) is 1. The van der Waals surface area contributed by atoms with Crippen LogP contribution in [0.4, 0.5) is 10.1 Å². The number of carbonyl (C=O) groups is 1. The fourth-order valence-corrected chi connectivity index (χ4v) is 2.33. The van der Waals surface area contributed by atoms with E-state index < -0.39 is 5.82 Å². The number of rotatable bonds is 3. The van der Waals surface area contributed by atoms with Gasteiger partial charge in [-0.1, -0.05) is 11.6 Å². The third-order valence-electron chi connectivity index (χ3n) is 3.05. The fraction of sp³-hybridized carbons (Fsp3) is 0.462. The summed E-state index contributed by atoms with van der Waals surface area (Å²) >= 11 is 5.64. The maximum Gasteiger partial charge on any atom is 0.238 e. The molecule has 1 atom stereocenters. The van der Waals surface area contributed by atoms with Gasteiger partial charge < -0.3 is 10.4 Å². The lowest BCUT2D eigenvalue weighted by molar-refractivity contribution is -0.118. The number of anilines is 1. The van der Waals surface area contributed by atoms with Crippen molar-refractivity contribution in [1.82, 2.24) is 4.90 Å². The Morgan fingerprint density at radius 1 is 1.58 bits per heavy atom. The van der Waals surface area contributed by atoms with E-state index in [1.54, 1.807) is 0 Å². The summed E-state index contributed by atoms with van der Waals surface area (Å²) in [7, 11) is 0. The molecule has 0 aromatic heterocycles. The van der Waals surface area contributed by atoms with Crippen molar-refractivity contribution in [2.75, 3.05) is 25.0 Å². The van der Waals surface area contributed by atoms with E-state index in [9.17, 15) is 14.3 Å². The molecule has 19 heavy (non-hydrogen) atoms. The maximum atomic E-state index is 13.0. The predicted octanol–water partition coefficient (Wildman–Crippen LogP) is 1.87. The molecule has 0 saturated carbocycles. The standard InChI is InChI=1S/C13H16ClFN2O2/c14-11-6-9(3-4-12(11)15)16-13(19)8-17-5-1-2-10(18)7-17/h3-4,6,10,18H,1-2,5,7-8H2,(H,16,19). The molecule has 0 aliphatic carbocycles. The smallest absolute Gasteiger partial charge is 0.238 e. The Morgan fingerprint density at radius 3 is 3.05 bits per heavy atom. The lowest BCUT2D eigenvalue weighted by atomic mass is 10.1. The van der Waals surface area contributed by atoms with Gasteiger partial charge in [-0.15, -0.1) is 0 Å². The first-order valence-corrected chi connectivity index (χ1v) is 6.58. The monoisotopic (exact) mass is 286 g/mol. The Balaban J connectivity index is 1.88. The molecular formula is C13H16ClFN2O2. The molecule has 1 unspecified atom stereocenters. The predicted molar refractivity (Wildman–Crippen MR) is 71.7 cm³/mol. The second-order valence-corrected chi connectivity index (χ2v) is 5.12. The Morgan fingerprint density at radius 2 is 2.37 bits per heavy atom. The van der Waals surface area contributed by atoms with Crippen molar-refractivity contribution in [3.63, 3.8) is 0 Å². The average molecular weight is 287 g/mol. The van der Waals surface area contributed by atoms with Crippen molar-refractivity contribution in [3.05, 3.63) is 29.0 Å². The zero-order valence-corrected chi connectivity index (χ0v) is 11.2. The summed E-state index contributed by atoms with van der Waals surface area (Å²) in [6, 6.07) is 4.05. The summed E-state index contributed by atoms with van der Waals surface area (Å²) in [4.78, 5) is 13.7. The van der Waals surface area contributed by atoms with Crippen LogP contribution in [0.25, 0.3) is 0 Å². The van der Waals surface area contributed by atoms with E-state index >= 15 is 0 Å². The highest BCUT2D eigenvalue weighted by molar-refractivity contribution is 6.31. The second-order valence-electron chi connectivity index (χ2n) is 4.71. The van der Waals surface area contributed by atoms with Gasteiger partial charge in [0.15, 0.2) is 0 Å². The third kappa shape index (κ3) is 4.16. The first-order chi connectivity index (χ1) is 9.04. The van der Waals surface area contributed by atoms with Gasteiger partial charge >= 0.3 is 0 Å². The van der Waals surface area contributed by atoms with E-state index in [0.717, 1.165) is 19.4 Å². The molecule has 2 rings (SSSR count). The summed E-state index contributed by atoms with van der Waals surface area (Å²) in [5.41, 5.74) is 0.467. The van der Waals surface area contributed by atoms with Gasteiger partial charge in [-0.2, -0.15) is 0 Å². The minimum atomic E-state index is -0.515. The van der Waals surface area contributed by atoms with E-state index in [1.807, 2.05) is 4.90 Å². The second kappa shape index (κ2) is 6.32. The molecule has 0 bridgehead atoms. The topological polar surface area (TPSA) is 52.6 Å². The van der Waals surface area contributed by atoms with Crippen LogP contribution in [-0.2, 0) is 4.79 Å². The third-order valence-corrected chi connectivity index (χ3v) is 3.34. The number of likely N-dealkylation sites (tertiary alicyclic amines) is 1. The lowest BCUT2D eigenvalue weighted by Crippen LogP contribution is -2.42. The molecule has 4 nitrogen and oxygen atoms in total. The minimum Gasteiger partial charge on any atom is -0.392 e. The van der Waals surface area contributed by atoms with Gasteiger partial charge in [-0.05, 0) is 37.6 Å². The molecule has 1 aliphatic rings. The zero-order chi connectivity index (χ0) is 13.8. The van der Waals surface area contributed by atoms with Crippen LogP contribution in [0.1, 0.15) is 12.8 Å². The Labute approximate surface area is 116 Å². The van der Waals surface area contributed by atoms with Crippen molar-refractivity contribution < 1.29 is 14.3 Å². The average Bonchev–Trinajstić information content (AvgIpc) is 2.34.